The van der Waals surface area contributed by atoms with Crippen LogP contribution in [-0.4, -0.2) is 38.3 Å². The van der Waals surface area contributed by atoms with Gasteiger partial charge in [-0.05, 0) is 25.8 Å². The van der Waals surface area contributed by atoms with Gasteiger partial charge in [0.2, 0.25) is 11.8 Å². The van der Waals surface area contributed by atoms with Gasteiger partial charge in [0.05, 0.1) is 6.54 Å². The number of rotatable bonds is 3. The summed E-state index contributed by atoms with van der Waals surface area (Å²) < 4.78 is 0. The van der Waals surface area contributed by atoms with E-state index in [0.29, 0.717) is 5.82 Å². The standard InChI is InChI=1S/C14H20N4O2/c1-9(2)11-12(19)18(14(3,4)13(20)17-11)8-10-15-6-5-7-16-10/h5-7,9,11H,8H2,1-4H3,(H,17,20). The van der Waals surface area contributed by atoms with Crippen molar-refractivity contribution in [3.8, 4) is 0 Å². The number of piperazine rings is 1. The molecular formula is C14H20N4O2. The maximum Gasteiger partial charge on any atom is 0.246 e. The highest BCUT2D eigenvalue weighted by Crippen LogP contribution is 2.25. The molecule has 1 saturated heterocycles. The summed E-state index contributed by atoms with van der Waals surface area (Å²) in [5, 5.41) is 2.80. The fourth-order valence-electron chi connectivity index (χ4n) is 2.23. The van der Waals surface area contributed by atoms with Crippen LogP contribution in [-0.2, 0) is 16.1 Å². The van der Waals surface area contributed by atoms with Crippen LogP contribution in [0.3, 0.4) is 0 Å². The largest absolute Gasteiger partial charge is 0.342 e. The van der Waals surface area contributed by atoms with Gasteiger partial charge >= 0.3 is 0 Å². The molecule has 0 aromatic carbocycles. The lowest BCUT2D eigenvalue weighted by molar-refractivity contribution is -0.157. The molecule has 0 aliphatic carbocycles. The molecule has 2 heterocycles. The third kappa shape index (κ3) is 2.50. The minimum absolute atomic E-state index is 0.0433. The number of aromatic nitrogens is 2. The zero-order valence-electron chi connectivity index (χ0n) is 12.3. The summed E-state index contributed by atoms with van der Waals surface area (Å²) in [5.74, 6) is 0.344. The molecule has 20 heavy (non-hydrogen) atoms. The van der Waals surface area contributed by atoms with E-state index in [1.54, 1.807) is 37.2 Å². The van der Waals surface area contributed by atoms with Crippen LogP contribution in [0.4, 0.5) is 0 Å². The minimum atomic E-state index is -0.901. The summed E-state index contributed by atoms with van der Waals surface area (Å²) in [6.45, 7) is 7.54. The first kappa shape index (κ1) is 14.4. The van der Waals surface area contributed by atoms with Gasteiger partial charge in [-0.1, -0.05) is 13.8 Å². The molecule has 1 N–H and O–H groups in total. The lowest BCUT2D eigenvalue weighted by Gasteiger charge is -2.44. The van der Waals surface area contributed by atoms with Crippen molar-refractivity contribution in [2.75, 3.05) is 0 Å². The van der Waals surface area contributed by atoms with Gasteiger partial charge in [0.15, 0.2) is 0 Å². The Kier molecular flexibility index (Phi) is 3.74. The van der Waals surface area contributed by atoms with E-state index in [4.69, 9.17) is 0 Å². The minimum Gasteiger partial charge on any atom is -0.342 e. The fourth-order valence-corrected chi connectivity index (χ4v) is 2.23. The van der Waals surface area contributed by atoms with Gasteiger partial charge in [-0.2, -0.15) is 0 Å². The summed E-state index contributed by atoms with van der Waals surface area (Å²) in [6, 6.07) is 1.23. The van der Waals surface area contributed by atoms with E-state index in [-0.39, 0.29) is 24.3 Å². The number of carbonyl (C=O) groups is 2. The van der Waals surface area contributed by atoms with Gasteiger partial charge in [0.25, 0.3) is 0 Å². The Morgan fingerprint density at radius 1 is 1.30 bits per heavy atom. The quantitative estimate of drug-likeness (QED) is 0.883. The maximum atomic E-state index is 12.6. The van der Waals surface area contributed by atoms with Crippen molar-refractivity contribution in [2.24, 2.45) is 5.92 Å². The average molecular weight is 276 g/mol. The highest BCUT2D eigenvalue weighted by atomic mass is 16.2. The summed E-state index contributed by atoms with van der Waals surface area (Å²) in [6.07, 6.45) is 3.26. The van der Waals surface area contributed by atoms with Gasteiger partial charge in [-0.15, -0.1) is 0 Å². The van der Waals surface area contributed by atoms with Crippen LogP contribution in [0.5, 0.6) is 0 Å². The summed E-state index contributed by atoms with van der Waals surface area (Å²) in [7, 11) is 0. The van der Waals surface area contributed by atoms with E-state index >= 15 is 0 Å². The Labute approximate surface area is 118 Å². The van der Waals surface area contributed by atoms with Gasteiger partial charge in [0.1, 0.15) is 17.4 Å². The molecular weight excluding hydrogens is 256 g/mol. The molecule has 1 aliphatic heterocycles. The van der Waals surface area contributed by atoms with Crippen LogP contribution in [0.2, 0.25) is 0 Å². The molecule has 0 spiro atoms. The van der Waals surface area contributed by atoms with Crippen LogP contribution < -0.4 is 5.32 Å². The molecule has 0 bridgehead atoms. The lowest BCUT2D eigenvalue weighted by Crippen LogP contribution is -2.69. The van der Waals surface area contributed by atoms with Gasteiger partial charge in [-0.25, -0.2) is 9.97 Å². The predicted molar refractivity (Wildman–Crippen MR) is 73.4 cm³/mol. The first-order valence-electron chi connectivity index (χ1n) is 6.72. The van der Waals surface area contributed by atoms with Crippen LogP contribution in [0, 0.1) is 5.92 Å². The molecule has 1 aromatic rings. The van der Waals surface area contributed by atoms with Gasteiger partial charge in [-0.3, -0.25) is 9.59 Å². The van der Waals surface area contributed by atoms with Crippen molar-refractivity contribution in [3.63, 3.8) is 0 Å². The highest BCUT2D eigenvalue weighted by Gasteiger charge is 2.47. The number of carbonyl (C=O) groups excluding carboxylic acids is 2. The Hall–Kier alpha value is -1.98. The molecule has 6 nitrogen and oxygen atoms in total. The number of amides is 2. The molecule has 0 saturated carbocycles. The number of nitrogens with zero attached hydrogens (tertiary/aromatic N) is 3. The molecule has 6 heteroatoms. The van der Waals surface area contributed by atoms with Crippen molar-refractivity contribution in [1.29, 1.82) is 0 Å². The van der Waals surface area contributed by atoms with Gasteiger partial charge in [0, 0.05) is 12.4 Å². The Morgan fingerprint density at radius 2 is 1.90 bits per heavy atom. The van der Waals surface area contributed by atoms with E-state index < -0.39 is 11.6 Å². The smallest absolute Gasteiger partial charge is 0.246 e. The molecule has 1 unspecified atom stereocenters. The van der Waals surface area contributed by atoms with E-state index in [1.807, 2.05) is 13.8 Å². The topological polar surface area (TPSA) is 75.2 Å². The predicted octanol–water partition coefficient (Wildman–Crippen LogP) is 0.738. The third-order valence-electron chi connectivity index (χ3n) is 3.63. The zero-order valence-corrected chi connectivity index (χ0v) is 12.3. The van der Waals surface area contributed by atoms with E-state index in [1.165, 1.54) is 0 Å². The monoisotopic (exact) mass is 276 g/mol. The summed E-state index contributed by atoms with van der Waals surface area (Å²) in [4.78, 5) is 34.6. The SMILES string of the molecule is CC(C)C1NC(=O)C(C)(C)N(Cc2ncccn2)C1=O. The highest BCUT2D eigenvalue weighted by molar-refractivity contribution is 5.99. The van der Waals surface area contributed by atoms with Gasteiger partial charge < -0.3 is 10.2 Å². The second-order valence-electron chi connectivity index (χ2n) is 5.84. The van der Waals surface area contributed by atoms with Crippen molar-refractivity contribution in [1.82, 2.24) is 20.2 Å². The van der Waals surface area contributed by atoms with Crippen molar-refractivity contribution in [3.05, 3.63) is 24.3 Å². The second kappa shape index (κ2) is 5.19. The normalized spacial score (nSPS) is 22.1. The van der Waals surface area contributed by atoms with Crippen molar-refractivity contribution < 1.29 is 9.59 Å². The number of hydrogen-bond acceptors (Lipinski definition) is 4. The van der Waals surface area contributed by atoms with E-state index in [0.717, 1.165) is 0 Å². The third-order valence-corrected chi connectivity index (χ3v) is 3.63. The number of hydrogen-bond donors (Lipinski definition) is 1. The average Bonchev–Trinajstić information content (AvgIpc) is 2.40. The first-order valence-corrected chi connectivity index (χ1v) is 6.72. The molecule has 2 amide bonds. The molecule has 1 atom stereocenters. The van der Waals surface area contributed by atoms with E-state index in [2.05, 4.69) is 15.3 Å². The first-order chi connectivity index (χ1) is 9.34. The lowest BCUT2D eigenvalue weighted by atomic mass is 9.91. The molecule has 1 aromatic heterocycles. The molecule has 0 radical (unpaired) electrons. The van der Waals surface area contributed by atoms with Crippen molar-refractivity contribution in [2.45, 2.75) is 45.8 Å². The van der Waals surface area contributed by atoms with Crippen molar-refractivity contribution >= 4 is 11.8 Å². The Morgan fingerprint density at radius 3 is 2.45 bits per heavy atom. The van der Waals surface area contributed by atoms with Crippen LogP contribution in [0.15, 0.2) is 18.5 Å². The Balaban J connectivity index is 2.30. The fraction of sp³-hybridized carbons (Fsp3) is 0.571. The second-order valence-corrected chi connectivity index (χ2v) is 5.84. The van der Waals surface area contributed by atoms with Crippen LogP contribution >= 0.6 is 0 Å². The molecule has 108 valence electrons. The summed E-state index contributed by atoms with van der Waals surface area (Å²) in [5.41, 5.74) is -0.901. The Bertz CT molecular complexity index is 513. The molecule has 1 aliphatic rings. The van der Waals surface area contributed by atoms with Crippen LogP contribution in [0.1, 0.15) is 33.5 Å². The molecule has 1 fully saturated rings. The number of nitrogens with one attached hydrogen (secondary N) is 1. The van der Waals surface area contributed by atoms with Crippen LogP contribution in [0.25, 0.3) is 0 Å². The van der Waals surface area contributed by atoms with E-state index in [9.17, 15) is 9.59 Å². The molecule has 2 rings (SSSR count). The maximum absolute atomic E-state index is 12.6. The zero-order chi connectivity index (χ0) is 14.9. The summed E-state index contributed by atoms with van der Waals surface area (Å²) >= 11 is 0.